The Morgan fingerprint density at radius 1 is 1.26 bits per heavy atom. The predicted molar refractivity (Wildman–Crippen MR) is 74.6 cm³/mol. The van der Waals surface area contributed by atoms with Gasteiger partial charge in [0.1, 0.15) is 9.86 Å². The van der Waals surface area contributed by atoms with E-state index in [1.54, 1.807) is 0 Å². The first-order valence-corrected chi connectivity index (χ1v) is 6.34. The highest BCUT2D eigenvalue weighted by Gasteiger charge is 2.22. The highest BCUT2D eigenvalue weighted by molar-refractivity contribution is 9.13. The molecule has 1 heterocycles. The molecule has 0 fully saturated rings. The number of H-pyrrole nitrogens is 1. The molecule has 19 heavy (non-hydrogen) atoms. The van der Waals surface area contributed by atoms with Gasteiger partial charge in [0.25, 0.3) is 11.2 Å². The van der Waals surface area contributed by atoms with E-state index in [-0.39, 0.29) is 15.4 Å². The average molecular weight is 392 g/mol. The van der Waals surface area contributed by atoms with Crippen LogP contribution in [0.1, 0.15) is 0 Å². The first-order chi connectivity index (χ1) is 8.82. The van der Waals surface area contributed by atoms with E-state index in [1.807, 2.05) is 0 Å². The minimum atomic E-state index is -0.907. The lowest BCUT2D eigenvalue weighted by Gasteiger charge is -2.00. The molecule has 0 atom stereocenters. The third-order valence-electron chi connectivity index (χ3n) is 2.37. The maximum Gasteiger partial charge on any atom is 0.297 e. The van der Waals surface area contributed by atoms with Crippen molar-refractivity contribution in [3.05, 3.63) is 51.8 Å². The van der Waals surface area contributed by atoms with Gasteiger partial charge in [0.2, 0.25) is 0 Å². The van der Waals surface area contributed by atoms with E-state index in [2.05, 4.69) is 36.8 Å². The Hall–Kier alpha value is -1.74. The number of hydrogen-bond donors (Lipinski definition) is 2. The molecule has 0 spiro atoms. The normalized spacial score (nSPS) is 10.6. The Balaban J connectivity index is 3.23. The van der Waals surface area contributed by atoms with Gasteiger partial charge in [-0.05, 0) is 37.9 Å². The van der Waals surface area contributed by atoms with Crippen LogP contribution in [-0.2, 0) is 0 Å². The lowest BCUT2D eigenvalue weighted by atomic mass is 10.2. The smallest absolute Gasteiger partial charge is 0.297 e. The molecular weight excluding hydrogens is 388 g/mol. The maximum absolute atomic E-state index is 11.9. The molecule has 0 saturated heterocycles. The van der Waals surface area contributed by atoms with Crippen molar-refractivity contribution in [2.75, 3.05) is 0 Å². The molecule has 98 valence electrons. The summed E-state index contributed by atoms with van der Waals surface area (Å²) in [6.07, 6.45) is 0. The fraction of sp³-hybridized carbons (Fsp3) is 0. The van der Waals surface area contributed by atoms with Gasteiger partial charge >= 0.3 is 0 Å². The number of rotatable bonds is 1. The van der Waals surface area contributed by atoms with E-state index in [9.17, 15) is 24.8 Å². The Kier molecular flexibility index (Phi) is 3.42. The summed E-state index contributed by atoms with van der Waals surface area (Å²) in [7, 11) is 0. The fourth-order valence-electron chi connectivity index (χ4n) is 1.58. The van der Waals surface area contributed by atoms with Crippen LogP contribution in [0.15, 0.2) is 30.7 Å². The van der Waals surface area contributed by atoms with Crippen LogP contribution in [0.3, 0.4) is 0 Å². The number of aromatic nitrogens is 1. The number of nitro benzene ring substituents is 1. The third-order valence-corrected chi connectivity index (χ3v) is 4.33. The molecule has 0 aliphatic heterocycles. The Bertz CT molecular complexity index is 831. The number of aromatic hydroxyl groups is 1. The first kappa shape index (κ1) is 13.7. The predicted octanol–water partition coefficient (Wildman–Crippen LogP) is 2.03. The molecule has 0 aliphatic carbocycles. The van der Waals surface area contributed by atoms with Gasteiger partial charge in [-0.2, -0.15) is 0 Å². The van der Waals surface area contributed by atoms with Crippen molar-refractivity contribution < 1.29 is 10.0 Å². The molecule has 2 rings (SSSR count). The molecular formula is C10H4Br2N2O5. The molecule has 1 aromatic carbocycles. The van der Waals surface area contributed by atoms with Gasteiger partial charge in [0.05, 0.1) is 10.4 Å². The lowest BCUT2D eigenvalue weighted by Crippen LogP contribution is -2.02. The van der Waals surface area contributed by atoms with Crippen molar-refractivity contribution in [1.29, 1.82) is 0 Å². The average Bonchev–Trinajstić information content (AvgIpc) is 2.40. The third kappa shape index (κ3) is 2.26. The molecule has 0 bridgehead atoms. The number of benzene rings is 1. The molecule has 0 aliphatic rings. The van der Waals surface area contributed by atoms with Gasteiger partial charge in [-0.25, -0.2) is 0 Å². The molecule has 2 aromatic rings. The maximum atomic E-state index is 11.9. The molecule has 7 nitrogen and oxygen atoms in total. The van der Waals surface area contributed by atoms with Gasteiger partial charge in [-0.15, -0.1) is 0 Å². The monoisotopic (exact) mass is 390 g/mol. The number of hydrogen-bond acceptors (Lipinski definition) is 5. The molecule has 0 radical (unpaired) electrons. The van der Waals surface area contributed by atoms with Crippen LogP contribution in [0.25, 0.3) is 10.9 Å². The van der Waals surface area contributed by atoms with Crippen LogP contribution in [0.5, 0.6) is 5.75 Å². The van der Waals surface area contributed by atoms with Crippen LogP contribution in [0, 0.1) is 10.1 Å². The van der Waals surface area contributed by atoms with Gasteiger partial charge < -0.3 is 10.1 Å². The van der Waals surface area contributed by atoms with E-state index >= 15 is 0 Å². The quantitative estimate of drug-likeness (QED) is 0.570. The second-order valence-electron chi connectivity index (χ2n) is 3.55. The van der Waals surface area contributed by atoms with Gasteiger partial charge in [0, 0.05) is 10.5 Å². The van der Waals surface area contributed by atoms with Crippen molar-refractivity contribution in [3.8, 4) is 5.75 Å². The van der Waals surface area contributed by atoms with E-state index in [0.29, 0.717) is 10.5 Å². The van der Waals surface area contributed by atoms with E-state index < -0.39 is 27.3 Å². The SMILES string of the molecule is O=c1[nH]c2cc(Br)c(Br)c([N+](=O)[O-])c2c(=O)cc1O. The van der Waals surface area contributed by atoms with Gasteiger partial charge in [0.15, 0.2) is 11.2 Å². The summed E-state index contributed by atoms with van der Waals surface area (Å²) in [5, 5.41) is 20.1. The summed E-state index contributed by atoms with van der Waals surface area (Å²) in [5.74, 6) is -0.803. The number of aromatic amines is 1. The topological polar surface area (TPSA) is 113 Å². The Morgan fingerprint density at radius 2 is 1.89 bits per heavy atom. The number of nitrogens with one attached hydrogen (secondary N) is 1. The van der Waals surface area contributed by atoms with Crippen molar-refractivity contribution in [1.82, 2.24) is 4.98 Å². The second-order valence-corrected chi connectivity index (χ2v) is 5.20. The minimum Gasteiger partial charge on any atom is -0.503 e. The van der Waals surface area contributed by atoms with E-state index in [4.69, 9.17) is 0 Å². The van der Waals surface area contributed by atoms with Gasteiger partial charge in [-0.3, -0.25) is 19.7 Å². The number of nitro groups is 1. The lowest BCUT2D eigenvalue weighted by molar-refractivity contribution is -0.384. The van der Waals surface area contributed by atoms with E-state index in [0.717, 1.165) is 0 Å². The van der Waals surface area contributed by atoms with Crippen molar-refractivity contribution in [3.63, 3.8) is 0 Å². The van der Waals surface area contributed by atoms with E-state index in [1.165, 1.54) is 6.07 Å². The molecule has 0 saturated carbocycles. The summed E-state index contributed by atoms with van der Waals surface area (Å²) in [6, 6.07) is 1.99. The molecule has 2 N–H and O–H groups in total. The largest absolute Gasteiger partial charge is 0.503 e. The standard InChI is InChI=1S/C10H4Br2N2O5/c11-3-1-4-7(9(8(3)12)14(18)19)5(15)2-6(16)10(17)13-4/h1-2,16H,(H,13,17). The highest BCUT2D eigenvalue weighted by Crippen LogP contribution is 2.36. The number of fused-ring (bicyclic) bond motifs is 1. The summed E-state index contributed by atoms with van der Waals surface area (Å²) in [5.41, 5.74) is -2.26. The zero-order valence-electron chi connectivity index (χ0n) is 8.94. The Labute approximate surface area is 121 Å². The van der Waals surface area contributed by atoms with Crippen molar-refractivity contribution >= 4 is 48.5 Å². The van der Waals surface area contributed by atoms with Crippen LogP contribution in [0.4, 0.5) is 5.69 Å². The first-order valence-electron chi connectivity index (χ1n) is 4.75. The number of nitrogens with zero attached hydrogens (tertiary/aromatic N) is 1. The fourth-order valence-corrected chi connectivity index (χ4v) is 2.45. The summed E-state index contributed by atoms with van der Waals surface area (Å²) < 4.78 is 0.376. The summed E-state index contributed by atoms with van der Waals surface area (Å²) in [4.78, 5) is 35.9. The molecule has 0 amide bonds. The molecule has 0 unspecified atom stereocenters. The Morgan fingerprint density at radius 3 is 2.47 bits per heavy atom. The summed E-state index contributed by atoms with van der Waals surface area (Å²) in [6.45, 7) is 0. The number of halogens is 2. The molecule has 1 aromatic heterocycles. The van der Waals surface area contributed by atoms with Crippen LogP contribution in [-0.4, -0.2) is 15.0 Å². The van der Waals surface area contributed by atoms with Crippen LogP contribution in [0.2, 0.25) is 0 Å². The second kappa shape index (κ2) is 4.74. The molecule has 9 heteroatoms. The van der Waals surface area contributed by atoms with Crippen molar-refractivity contribution in [2.45, 2.75) is 0 Å². The van der Waals surface area contributed by atoms with Crippen LogP contribution < -0.4 is 11.0 Å². The van der Waals surface area contributed by atoms with Crippen molar-refractivity contribution in [2.24, 2.45) is 0 Å². The highest BCUT2D eigenvalue weighted by atomic mass is 79.9. The zero-order valence-corrected chi connectivity index (χ0v) is 12.1. The summed E-state index contributed by atoms with van der Waals surface area (Å²) >= 11 is 6.09. The zero-order chi connectivity index (χ0) is 14.3. The van der Waals surface area contributed by atoms with Gasteiger partial charge in [-0.1, -0.05) is 0 Å². The minimum absolute atomic E-state index is 0.0444. The van der Waals surface area contributed by atoms with Crippen LogP contribution >= 0.6 is 31.9 Å².